The van der Waals surface area contributed by atoms with Crippen LogP contribution in [0.1, 0.15) is 11.1 Å². The molecule has 2 aromatic carbocycles. The molecule has 118 valence electrons. The van der Waals surface area contributed by atoms with E-state index in [4.69, 9.17) is 11.6 Å². The van der Waals surface area contributed by atoms with E-state index in [2.05, 4.69) is 21.9 Å². The van der Waals surface area contributed by atoms with Crippen LogP contribution in [0.15, 0.2) is 48.5 Å². The lowest BCUT2D eigenvalue weighted by Gasteiger charge is -2.25. The summed E-state index contributed by atoms with van der Waals surface area (Å²) in [4.78, 5) is 4.35. The quantitative estimate of drug-likeness (QED) is 0.759. The molecule has 0 saturated heterocycles. The SMILES string of the molecule is CN(C)CCN(Cc1ccccc1)Cc1c(F)cccc1Cl. The monoisotopic (exact) mass is 320 g/mol. The van der Waals surface area contributed by atoms with Gasteiger partial charge >= 0.3 is 0 Å². The average molecular weight is 321 g/mol. The Balaban J connectivity index is 2.13. The Bertz CT molecular complexity index is 567. The molecule has 2 rings (SSSR count). The van der Waals surface area contributed by atoms with Gasteiger partial charge in [-0.3, -0.25) is 4.90 Å². The van der Waals surface area contributed by atoms with E-state index >= 15 is 0 Å². The number of hydrogen-bond acceptors (Lipinski definition) is 2. The molecule has 0 radical (unpaired) electrons. The van der Waals surface area contributed by atoms with E-state index < -0.39 is 0 Å². The van der Waals surface area contributed by atoms with Crippen molar-refractivity contribution in [3.63, 3.8) is 0 Å². The van der Waals surface area contributed by atoms with Crippen molar-refractivity contribution in [2.75, 3.05) is 27.2 Å². The summed E-state index contributed by atoms with van der Waals surface area (Å²) in [5.74, 6) is -0.240. The molecule has 0 N–H and O–H groups in total. The Labute approximate surface area is 137 Å². The van der Waals surface area contributed by atoms with Crippen LogP contribution < -0.4 is 0 Å². The maximum Gasteiger partial charge on any atom is 0.129 e. The molecule has 22 heavy (non-hydrogen) atoms. The average Bonchev–Trinajstić information content (AvgIpc) is 2.49. The predicted octanol–water partition coefficient (Wildman–Crippen LogP) is 4.04. The minimum Gasteiger partial charge on any atom is -0.308 e. The Morgan fingerprint density at radius 3 is 2.27 bits per heavy atom. The summed E-state index contributed by atoms with van der Waals surface area (Å²) in [6.07, 6.45) is 0. The normalized spacial score (nSPS) is 11.4. The van der Waals surface area contributed by atoms with Crippen LogP contribution in [-0.2, 0) is 13.1 Å². The van der Waals surface area contributed by atoms with E-state index in [1.54, 1.807) is 12.1 Å². The van der Waals surface area contributed by atoms with Crippen molar-refractivity contribution in [1.82, 2.24) is 9.80 Å². The summed E-state index contributed by atoms with van der Waals surface area (Å²) in [5, 5.41) is 0.489. The standard InChI is InChI=1S/C18H22ClFN2/c1-21(2)11-12-22(13-15-7-4-3-5-8-15)14-16-17(19)9-6-10-18(16)20/h3-10H,11-14H2,1-2H3. The second-order valence-corrected chi connectivity index (χ2v) is 6.11. The van der Waals surface area contributed by atoms with Crippen molar-refractivity contribution in [3.05, 3.63) is 70.5 Å². The number of nitrogens with zero attached hydrogens (tertiary/aromatic N) is 2. The number of likely N-dealkylation sites (N-methyl/N-ethyl adjacent to an activating group) is 1. The van der Waals surface area contributed by atoms with Crippen molar-refractivity contribution in [3.8, 4) is 0 Å². The molecule has 0 atom stereocenters. The summed E-state index contributed by atoms with van der Waals surface area (Å²) < 4.78 is 14.0. The van der Waals surface area contributed by atoms with Crippen LogP contribution in [0.3, 0.4) is 0 Å². The summed E-state index contributed by atoms with van der Waals surface area (Å²) in [6.45, 7) is 3.05. The van der Waals surface area contributed by atoms with Crippen LogP contribution in [-0.4, -0.2) is 37.0 Å². The van der Waals surface area contributed by atoms with Gasteiger partial charge in [-0.2, -0.15) is 0 Å². The molecule has 0 spiro atoms. The zero-order chi connectivity index (χ0) is 15.9. The van der Waals surface area contributed by atoms with Gasteiger partial charge in [-0.25, -0.2) is 4.39 Å². The number of rotatable bonds is 7. The maximum atomic E-state index is 14.0. The summed E-state index contributed by atoms with van der Waals surface area (Å²) in [7, 11) is 4.08. The van der Waals surface area contributed by atoms with Crippen molar-refractivity contribution in [2.24, 2.45) is 0 Å². The minimum atomic E-state index is -0.240. The van der Waals surface area contributed by atoms with E-state index in [9.17, 15) is 4.39 Å². The number of halogens is 2. The summed E-state index contributed by atoms with van der Waals surface area (Å²) in [5.41, 5.74) is 1.78. The molecule has 0 aliphatic heterocycles. The lowest BCUT2D eigenvalue weighted by molar-refractivity contribution is 0.224. The third-order valence-electron chi connectivity index (χ3n) is 3.56. The Kier molecular flexibility index (Phi) is 6.37. The summed E-state index contributed by atoms with van der Waals surface area (Å²) >= 11 is 6.16. The lowest BCUT2D eigenvalue weighted by Crippen LogP contribution is -2.31. The first-order chi connectivity index (χ1) is 10.6. The fourth-order valence-corrected chi connectivity index (χ4v) is 2.53. The van der Waals surface area contributed by atoms with Gasteiger partial charge in [0.25, 0.3) is 0 Å². The Hall–Kier alpha value is -1.42. The minimum absolute atomic E-state index is 0.240. The third kappa shape index (κ3) is 5.09. The largest absolute Gasteiger partial charge is 0.308 e. The van der Waals surface area contributed by atoms with E-state index in [1.807, 2.05) is 32.3 Å². The highest BCUT2D eigenvalue weighted by Crippen LogP contribution is 2.21. The van der Waals surface area contributed by atoms with E-state index in [0.717, 1.165) is 19.6 Å². The second-order valence-electron chi connectivity index (χ2n) is 5.70. The fraction of sp³-hybridized carbons (Fsp3) is 0.333. The fourth-order valence-electron chi connectivity index (χ4n) is 2.30. The van der Waals surface area contributed by atoms with Crippen LogP contribution in [0.5, 0.6) is 0 Å². The van der Waals surface area contributed by atoms with Crippen LogP contribution in [0.25, 0.3) is 0 Å². The predicted molar refractivity (Wildman–Crippen MR) is 90.5 cm³/mol. The highest BCUT2D eigenvalue weighted by molar-refractivity contribution is 6.31. The molecule has 0 unspecified atom stereocenters. The molecule has 0 amide bonds. The molecule has 0 aliphatic carbocycles. The maximum absolute atomic E-state index is 14.0. The molecule has 2 nitrogen and oxygen atoms in total. The van der Waals surface area contributed by atoms with Gasteiger partial charge in [0, 0.05) is 36.8 Å². The molecule has 0 aromatic heterocycles. The lowest BCUT2D eigenvalue weighted by atomic mass is 10.1. The molecular formula is C18H22ClFN2. The number of benzene rings is 2. The van der Waals surface area contributed by atoms with E-state index in [0.29, 0.717) is 17.1 Å². The van der Waals surface area contributed by atoms with Gasteiger partial charge in [0.15, 0.2) is 0 Å². The smallest absolute Gasteiger partial charge is 0.129 e. The van der Waals surface area contributed by atoms with Gasteiger partial charge in [-0.1, -0.05) is 48.0 Å². The zero-order valence-electron chi connectivity index (χ0n) is 13.1. The molecule has 0 heterocycles. The van der Waals surface area contributed by atoms with E-state index in [1.165, 1.54) is 11.6 Å². The molecule has 0 saturated carbocycles. The van der Waals surface area contributed by atoms with Gasteiger partial charge in [-0.05, 0) is 31.8 Å². The van der Waals surface area contributed by atoms with Crippen molar-refractivity contribution in [2.45, 2.75) is 13.1 Å². The van der Waals surface area contributed by atoms with Crippen LogP contribution in [0, 0.1) is 5.82 Å². The summed E-state index contributed by atoms with van der Waals surface area (Å²) in [6, 6.07) is 15.1. The van der Waals surface area contributed by atoms with Crippen molar-refractivity contribution < 1.29 is 4.39 Å². The highest BCUT2D eigenvalue weighted by atomic mass is 35.5. The molecule has 2 aromatic rings. The van der Waals surface area contributed by atoms with Gasteiger partial charge < -0.3 is 4.90 Å². The third-order valence-corrected chi connectivity index (χ3v) is 3.91. The molecule has 4 heteroatoms. The van der Waals surface area contributed by atoms with Gasteiger partial charge in [0.1, 0.15) is 5.82 Å². The highest BCUT2D eigenvalue weighted by Gasteiger charge is 2.13. The second kappa shape index (κ2) is 8.28. The Morgan fingerprint density at radius 1 is 0.909 bits per heavy atom. The topological polar surface area (TPSA) is 6.48 Å². The van der Waals surface area contributed by atoms with Crippen molar-refractivity contribution in [1.29, 1.82) is 0 Å². The molecule has 0 aliphatic rings. The first-order valence-corrected chi connectivity index (χ1v) is 7.78. The zero-order valence-corrected chi connectivity index (χ0v) is 13.9. The van der Waals surface area contributed by atoms with Gasteiger partial charge in [-0.15, -0.1) is 0 Å². The van der Waals surface area contributed by atoms with Crippen molar-refractivity contribution >= 4 is 11.6 Å². The Morgan fingerprint density at radius 2 is 1.64 bits per heavy atom. The van der Waals surface area contributed by atoms with Crippen LogP contribution in [0.4, 0.5) is 4.39 Å². The first-order valence-electron chi connectivity index (χ1n) is 7.40. The van der Waals surface area contributed by atoms with Crippen LogP contribution >= 0.6 is 11.6 Å². The van der Waals surface area contributed by atoms with Gasteiger partial charge in [0.2, 0.25) is 0 Å². The molecule has 0 fully saturated rings. The van der Waals surface area contributed by atoms with E-state index in [-0.39, 0.29) is 5.82 Å². The van der Waals surface area contributed by atoms with Crippen LogP contribution in [0.2, 0.25) is 5.02 Å². The molecular weight excluding hydrogens is 299 g/mol. The number of hydrogen-bond donors (Lipinski definition) is 0. The van der Waals surface area contributed by atoms with Gasteiger partial charge in [0.05, 0.1) is 0 Å². The molecule has 0 bridgehead atoms. The first kappa shape index (κ1) is 16.9.